The van der Waals surface area contributed by atoms with Gasteiger partial charge in [0.1, 0.15) is 6.54 Å². The van der Waals surface area contributed by atoms with Gasteiger partial charge >= 0.3 is 0 Å². The molecule has 0 radical (unpaired) electrons. The Morgan fingerprint density at radius 1 is 0.903 bits per heavy atom. The van der Waals surface area contributed by atoms with Gasteiger partial charge in [0.25, 0.3) is 5.91 Å². The minimum Gasteiger partial charge on any atom is -1.00 e. The van der Waals surface area contributed by atoms with Gasteiger partial charge in [0, 0.05) is 17.7 Å². The first kappa shape index (κ1) is 22.7. The Hall–Kier alpha value is -3.00. The molecule has 158 valence electrons. The molecule has 0 aliphatic carbocycles. The van der Waals surface area contributed by atoms with Crippen LogP contribution in [0.25, 0.3) is 11.0 Å². The maximum absolute atomic E-state index is 12.7. The second kappa shape index (κ2) is 10.3. The third-order valence-electron chi connectivity index (χ3n) is 5.10. The zero-order valence-electron chi connectivity index (χ0n) is 17.3. The van der Waals surface area contributed by atoms with Crippen LogP contribution in [0.3, 0.4) is 0 Å². The van der Waals surface area contributed by atoms with Gasteiger partial charge in [0.2, 0.25) is 6.33 Å². The van der Waals surface area contributed by atoms with Gasteiger partial charge in [-0.25, -0.2) is 9.13 Å². The van der Waals surface area contributed by atoms with Gasteiger partial charge in [-0.3, -0.25) is 9.59 Å². The van der Waals surface area contributed by atoms with E-state index in [1.54, 1.807) is 24.3 Å². The highest BCUT2D eigenvalue weighted by molar-refractivity contribution is 5.97. The highest BCUT2D eigenvalue weighted by atomic mass is 127. The average molecular weight is 525 g/mol. The number of fused-ring (bicyclic) bond motifs is 1. The number of hydrogen-bond donors (Lipinski definition) is 1. The van der Waals surface area contributed by atoms with Crippen molar-refractivity contribution < 1.29 is 38.1 Å². The summed E-state index contributed by atoms with van der Waals surface area (Å²) in [7, 11) is 0. The molecular formula is C25H24IN3O2. The Bertz CT molecular complexity index is 1180. The number of nitrogens with zero attached hydrogens (tertiary/aromatic N) is 2. The number of amides is 1. The fourth-order valence-corrected chi connectivity index (χ4v) is 3.57. The quantitative estimate of drug-likeness (QED) is 0.224. The topological polar surface area (TPSA) is 55.0 Å². The van der Waals surface area contributed by atoms with Crippen molar-refractivity contribution in [3.63, 3.8) is 0 Å². The summed E-state index contributed by atoms with van der Waals surface area (Å²) in [6.45, 7) is 2.78. The standard InChI is InChI=1S/C25H23N3O2.HI/c1-2-24(29)20-12-14-21(15-13-20)26-25(30)17-28-18-27(16-19-8-4-3-5-9-19)22-10-6-7-11-23(22)28;/h3-15,18H,2,16-17H2,1H3;1H. The molecule has 1 N–H and O–H groups in total. The number of aromatic nitrogens is 2. The molecule has 0 atom stereocenters. The zero-order valence-corrected chi connectivity index (χ0v) is 19.5. The minimum absolute atomic E-state index is 0. The number of nitrogens with one attached hydrogen (secondary N) is 1. The molecule has 1 heterocycles. The number of ketones is 1. The van der Waals surface area contributed by atoms with Crippen LogP contribution >= 0.6 is 0 Å². The van der Waals surface area contributed by atoms with Crippen molar-refractivity contribution in [1.29, 1.82) is 0 Å². The molecule has 0 bridgehead atoms. The summed E-state index contributed by atoms with van der Waals surface area (Å²) < 4.78 is 4.12. The predicted molar refractivity (Wildman–Crippen MR) is 117 cm³/mol. The van der Waals surface area contributed by atoms with Gasteiger partial charge in [-0.2, -0.15) is 0 Å². The summed E-state index contributed by atoms with van der Waals surface area (Å²) in [6, 6.07) is 25.4. The molecule has 0 fully saturated rings. The SMILES string of the molecule is CCC(=O)c1ccc(NC(=O)Cn2c[n+](Cc3ccccc3)c3ccccc32)cc1.[I-]. The fourth-order valence-electron chi connectivity index (χ4n) is 3.57. The first-order chi connectivity index (χ1) is 14.6. The molecule has 4 rings (SSSR count). The lowest BCUT2D eigenvalue weighted by atomic mass is 10.1. The summed E-state index contributed by atoms with van der Waals surface area (Å²) in [4.78, 5) is 24.4. The van der Waals surface area contributed by atoms with Crippen LogP contribution < -0.4 is 33.9 Å². The second-order valence-electron chi connectivity index (χ2n) is 7.25. The third-order valence-corrected chi connectivity index (χ3v) is 5.10. The Morgan fingerprint density at radius 3 is 2.29 bits per heavy atom. The molecule has 0 spiro atoms. The van der Waals surface area contributed by atoms with E-state index in [4.69, 9.17) is 0 Å². The summed E-state index contributed by atoms with van der Waals surface area (Å²) in [5.74, 6) is -0.0214. The van der Waals surface area contributed by atoms with Gasteiger partial charge in [0.05, 0.1) is 0 Å². The largest absolute Gasteiger partial charge is 1.00 e. The number of benzene rings is 3. The number of carbonyl (C=O) groups is 2. The van der Waals surface area contributed by atoms with Gasteiger partial charge in [-0.1, -0.05) is 49.4 Å². The van der Waals surface area contributed by atoms with Gasteiger partial charge in [0.15, 0.2) is 23.4 Å². The molecule has 1 aromatic heterocycles. The number of hydrogen-bond acceptors (Lipinski definition) is 2. The Labute approximate surface area is 198 Å². The van der Waals surface area contributed by atoms with E-state index < -0.39 is 0 Å². The van der Waals surface area contributed by atoms with E-state index in [1.165, 1.54) is 5.56 Å². The minimum atomic E-state index is -0.114. The fraction of sp³-hybridized carbons (Fsp3) is 0.160. The van der Waals surface area contributed by atoms with Crippen molar-refractivity contribution >= 4 is 28.4 Å². The van der Waals surface area contributed by atoms with Crippen LogP contribution in [-0.4, -0.2) is 16.3 Å². The zero-order chi connectivity index (χ0) is 20.9. The Kier molecular flexibility index (Phi) is 7.57. The second-order valence-corrected chi connectivity index (χ2v) is 7.25. The van der Waals surface area contributed by atoms with Crippen molar-refractivity contribution in [1.82, 2.24) is 4.57 Å². The molecule has 1 amide bonds. The van der Waals surface area contributed by atoms with Gasteiger partial charge in [-0.15, -0.1) is 0 Å². The maximum Gasteiger partial charge on any atom is 0.266 e. The normalized spacial score (nSPS) is 10.5. The smallest absolute Gasteiger partial charge is 0.266 e. The van der Waals surface area contributed by atoms with E-state index in [2.05, 4.69) is 28.1 Å². The average Bonchev–Trinajstić information content (AvgIpc) is 3.11. The van der Waals surface area contributed by atoms with Crippen molar-refractivity contribution in [2.75, 3.05) is 5.32 Å². The predicted octanol–water partition coefficient (Wildman–Crippen LogP) is 1.21. The number of carbonyl (C=O) groups excluding carboxylic acids is 2. The highest BCUT2D eigenvalue weighted by Crippen LogP contribution is 2.14. The maximum atomic E-state index is 12.7. The molecule has 0 aliphatic heterocycles. The monoisotopic (exact) mass is 525 g/mol. The van der Waals surface area contributed by atoms with E-state index in [1.807, 2.05) is 54.2 Å². The number of anilines is 1. The van der Waals surface area contributed by atoms with E-state index in [0.29, 0.717) is 17.7 Å². The van der Waals surface area contributed by atoms with E-state index in [-0.39, 0.29) is 42.2 Å². The van der Waals surface area contributed by atoms with Crippen molar-refractivity contribution in [2.24, 2.45) is 0 Å². The molecule has 0 unspecified atom stereocenters. The van der Waals surface area contributed by atoms with Crippen molar-refractivity contribution in [3.05, 3.63) is 96.3 Å². The lowest BCUT2D eigenvalue weighted by Gasteiger charge is -2.05. The number of rotatable bonds is 7. The van der Waals surface area contributed by atoms with Gasteiger partial charge < -0.3 is 29.3 Å². The molecule has 0 saturated carbocycles. The van der Waals surface area contributed by atoms with Crippen LogP contribution in [0.1, 0.15) is 29.3 Å². The van der Waals surface area contributed by atoms with Crippen molar-refractivity contribution in [3.8, 4) is 0 Å². The molecule has 4 aromatic rings. The lowest BCUT2D eigenvalue weighted by Crippen LogP contribution is -3.00. The van der Waals surface area contributed by atoms with Gasteiger partial charge in [-0.05, 0) is 42.0 Å². The molecule has 31 heavy (non-hydrogen) atoms. The number of Topliss-reactive ketones (excluding diaryl/α,β-unsaturated/α-hetero) is 1. The lowest BCUT2D eigenvalue weighted by molar-refractivity contribution is -0.663. The summed E-state index contributed by atoms with van der Waals surface area (Å²) in [5, 5.41) is 2.92. The Morgan fingerprint density at radius 2 is 1.58 bits per heavy atom. The van der Waals surface area contributed by atoms with E-state index >= 15 is 0 Å². The van der Waals surface area contributed by atoms with Crippen LogP contribution in [0.5, 0.6) is 0 Å². The third kappa shape index (κ3) is 5.38. The summed E-state index contributed by atoms with van der Waals surface area (Å²) >= 11 is 0. The first-order valence-corrected chi connectivity index (χ1v) is 10.1. The van der Waals surface area contributed by atoms with Crippen LogP contribution in [0.4, 0.5) is 5.69 Å². The molecule has 5 nitrogen and oxygen atoms in total. The number of imidazole rings is 1. The summed E-state index contributed by atoms with van der Waals surface area (Å²) in [6.07, 6.45) is 2.45. The van der Waals surface area contributed by atoms with Crippen LogP contribution in [0.2, 0.25) is 0 Å². The molecule has 0 aliphatic rings. The summed E-state index contributed by atoms with van der Waals surface area (Å²) in [5.41, 5.74) is 4.63. The van der Waals surface area contributed by atoms with Crippen molar-refractivity contribution in [2.45, 2.75) is 26.4 Å². The van der Waals surface area contributed by atoms with Crippen LogP contribution in [0, 0.1) is 0 Å². The van der Waals surface area contributed by atoms with Crippen LogP contribution in [-0.2, 0) is 17.9 Å². The highest BCUT2D eigenvalue weighted by Gasteiger charge is 2.18. The first-order valence-electron chi connectivity index (χ1n) is 10.1. The van der Waals surface area contributed by atoms with E-state index in [9.17, 15) is 9.59 Å². The molecule has 0 saturated heterocycles. The van der Waals surface area contributed by atoms with Crippen LogP contribution in [0.15, 0.2) is 85.2 Å². The Balaban J connectivity index is 0.00000272. The molecule has 6 heteroatoms. The van der Waals surface area contributed by atoms with E-state index in [0.717, 1.165) is 17.6 Å². The number of halogens is 1. The molecular weight excluding hydrogens is 501 g/mol. The molecule has 3 aromatic carbocycles. The number of para-hydroxylation sites is 2.